The van der Waals surface area contributed by atoms with Crippen LogP contribution in [0.5, 0.6) is 5.88 Å². The Bertz CT molecular complexity index is 583. The van der Waals surface area contributed by atoms with Gasteiger partial charge in [0.2, 0.25) is 5.88 Å². The average molecular weight is 266 g/mol. The third-order valence-corrected chi connectivity index (χ3v) is 3.12. The number of nitrogens with zero attached hydrogens (tertiary/aromatic N) is 1. The minimum absolute atomic E-state index is 0.259. The second-order valence-electron chi connectivity index (χ2n) is 3.63. The number of halogens is 1. The third-order valence-electron chi connectivity index (χ3n) is 2.25. The van der Waals surface area contributed by atoms with Crippen molar-refractivity contribution >= 4 is 11.8 Å². The summed E-state index contributed by atoms with van der Waals surface area (Å²) in [5.41, 5.74) is 0.623. The summed E-state index contributed by atoms with van der Waals surface area (Å²) < 4.78 is 12.7. The number of aryl methyl sites for hydroxylation is 1. The van der Waals surface area contributed by atoms with Crippen LogP contribution in [0.4, 0.5) is 4.39 Å². The highest BCUT2D eigenvalue weighted by Crippen LogP contribution is 2.15. The SMILES string of the molecule is O=c1cc(O)nc(SCCc2ccc(F)cc2)[nH]1. The van der Waals surface area contributed by atoms with Gasteiger partial charge in [0.15, 0.2) is 5.16 Å². The highest BCUT2D eigenvalue weighted by molar-refractivity contribution is 7.99. The van der Waals surface area contributed by atoms with Gasteiger partial charge < -0.3 is 10.1 Å². The number of aromatic nitrogens is 2. The molecule has 0 fully saturated rings. The minimum atomic E-state index is -0.383. The minimum Gasteiger partial charge on any atom is -0.493 e. The van der Waals surface area contributed by atoms with E-state index in [0.717, 1.165) is 18.1 Å². The summed E-state index contributed by atoms with van der Waals surface area (Å²) in [6.45, 7) is 0. The Balaban J connectivity index is 1.92. The topological polar surface area (TPSA) is 66.0 Å². The summed E-state index contributed by atoms with van der Waals surface area (Å²) in [7, 11) is 0. The molecule has 1 aromatic carbocycles. The van der Waals surface area contributed by atoms with E-state index in [9.17, 15) is 9.18 Å². The zero-order valence-electron chi connectivity index (χ0n) is 9.39. The molecule has 0 atom stereocenters. The number of benzene rings is 1. The predicted molar refractivity (Wildman–Crippen MR) is 67.4 cm³/mol. The summed E-state index contributed by atoms with van der Waals surface area (Å²) in [5.74, 6) is 0.131. The summed E-state index contributed by atoms with van der Waals surface area (Å²) in [5, 5.41) is 9.53. The Hall–Kier alpha value is -1.82. The summed E-state index contributed by atoms with van der Waals surface area (Å²) in [6.07, 6.45) is 0.727. The first-order chi connectivity index (χ1) is 8.63. The van der Waals surface area contributed by atoms with Gasteiger partial charge in [-0.1, -0.05) is 23.9 Å². The molecule has 2 aromatic rings. The molecule has 0 saturated heterocycles. The normalized spacial score (nSPS) is 10.5. The van der Waals surface area contributed by atoms with Crippen molar-refractivity contribution in [2.75, 3.05) is 5.75 Å². The second-order valence-corrected chi connectivity index (χ2v) is 4.72. The molecule has 2 N–H and O–H groups in total. The highest BCUT2D eigenvalue weighted by Gasteiger charge is 2.01. The fourth-order valence-electron chi connectivity index (χ4n) is 1.41. The largest absolute Gasteiger partial charge is 0.493 e. The van der Waals surface area contributed by atoms with Crippen molar-refractivity contribution in [3.8, 4) is 5.88 Å². The van der Waals surface area contributed by atoms with Gasteiger partial charge in [0, 0.05) is 5.75 Å². The van der Waals surface area contributed by atoms with E-state index >= 15 is 0 Å². The monoisotopic (exact) mass is 266 g/mol. The van der Waals surface area contributed by atoms with E-state index in [1.807, 2.05) is 0 Å². The Morgan fingerprint density at radius 2 is 2.06 bits per heavy atom. The summed E-state index contributed by atoms with van der Waals surface area (Å²) >= 11 is 1.33. The molecule has 2 rings (SSSR count). The van der Waals surface area contributed by atoms with Gasteiger partial charge in [-0.25, -0.2) is 4.39 Å². The van der Waals surface area contributed by atoms with Crippen molar-refractivity contribution in [1.29, 1.82) is 0 Å². The van der Waals surface area contributed by atoms with Gasteiger partial charge in [-0.05, 0) is 24.1 Å². The lowest BCUT2D eigenvalue weighted by Crippen LogP contribution is -2.06. The van der Waals surface area contributed by atoms with Crippen LogP contribution >= 0.6 is 11.8 Å². The molecule has 0 aliphatic rings. The maximum Gasteiger partial charge on any atom is 0.255 e. The number of thioether (sulfide) groups is 1. The zero-order valence-corrected chi connectivity index (χ0v) is 10.2. The molecular formula is C12H11FN2O2S. The van der Waals surface area contributed by atoms with Gasteiger partial charge in [-0.15, -0.1) is 0 Å². The lowest BCUT2D eigenvalue weighted by Gasteiger charge is -2.01. The van der Waals surface area contributed by atoms with Gasteiger partial charge in [0.25, 0.3) is 5.56 Å². The Kier molecular flexibility index (Phi) is 3.99. The van der Waals surface area contributed by atoms with Crippen molar-refractivity contribution in [2.24, 2.45) is 0 Å². The number of hydrogen-bond acceptors (Lipinski definition) is 4. The van der Waals surface area contributed by atoms with E-state index < -0.39 is 0 Å². The van der Waals surface area contributed by atoms with E-state index in [-0.39, 0.29) is 17.3 Å². The van der Waals surface area contributed by atoms with Crippen LogP contribution in [-0.2, 0) is 6.42 Å². The van der Waals surface area contributed by atoms with Crippen molar-refractivity contribution in [1.82, 2.24) is 9.97 Å². The van der Waals surface area contributed by atoms with E-state index in [2.05, 4.69) is 9.97 Å². The van der Waals surface area contributed by atoms with Crippen molar-refractivity contribution in [3.05, 3.63) is 52.1 Å². The van der Waals surface area contributed by atoms with Gasteiger partial charge >= 0.3 is 0 Å². The van der Waals surface area contributed by atoms with E-state index in [1.54, 1.807) is 12.1 Å². The van der Waals surface area contributed by atoms with Gasteiger partial charge in [0.05, 0.1) is 6.07 Å². The molecular weight excluding hydrogens is 255 g/mol. The molecule has 18 heavy (non-hydrogen) atoms. The first-order valence-electron chi connectivity index (χ1n) is 5.31. The molecule has 0 bridgehead atoms. The van der Waals surface area contributed by atoms with Crippen molar-refractivity contribution in [3.63, 3.8) is 0 Å². The standard InChI is InChI=1S/C12H11FN2O2S/c13-9-3-1-8(2-4-9)5-6-18-12-14-10(16)7-11(17)15-12/h1-4,7H,5-6H2,(H2,14,15,16,17). The smallest absolute Gasteiger partial charge is 0.255 e. The average Bonchev–Trinajstić information content (AvgIpc) is 2.30. The molecule has 0 aliphatic carbocycles. The van der Waals surface area contributed by atoms with Gasteiger partial charge in [-0.2, -0.15) is 4.98 Å². The molecule has 0 unspecified atom stereocenters. The van der Waals surface area contributed by atoms with E-state index in [0.29, 0.717) is 10.9 Å². The van der Waals surface area contributed by atoms with Crippen molar-refractivity contribution < 1.29 is 9.50 Å². The molecule has 1 heterocycles. The molecule has 0 spiro atoms. The zero-order chi connectivity index (χ0) is 13.0. The lowest BCUT2D eigenvalue weighted by molar-refractivity contribution is 0.444. The Morgan fingerprint density at radius 1 is 1.33 bits per heavy atom. The highest BCUT2D eigenvalue weighted by atomic mass is 32.2. The molecule has 0 amide bonds. The summed E-state index contributed by atoms with van der Waals surface area (Å²) in [4.78, 5) is 17.4. The number of H-pyrrole nitrogens is 1. The van der Waals surface area contributed by atoms with Crippen molar-refractivity contribution in [2.45, 2.75) is 11.6 Å². The quantitative estimate of drug-likeness (QED) is 0.655. The van der Waals surface area contributed by atoms with Crippen LogP contribution in [0.25, 0.3) is 0 Å². The number of hydrogen-bond donors (Lipinski definition) is 2. The first kappa shape index (κ1) is 12.6. The third kappa shape index (κ3) is 3.59. The fourth-order valence-corrected chi connectivity index (χ4v) is 2.27. The van der Waals surface area contributed by atoms with Crippen LogP contribution in [0.2, 0.25) is 0 Å². The molecule has 1 aromatic heterocycles. The van der Waals surface area contributed by atoms with Gasteiger partial charge in [0.1, 0.15) is 5.82 Å². The number of rotatable bonds is 4. The van der Waals surface area contributed by atoms with E-state index in [1.165, 1.54) is 23.9 Å². The second kappa shape index (κ2) is 5.68. The maximum absolute atomic E-state index is 12.7. The van der Waals surface area contributed by atoms with Crippen LogP contribution in [0.1, 0.15) is 5.56 Å². The molecule has 0 saturated carbocycles. The number of aromatic hydroxyl groups is 1. The Morgan fingerprint density at radius 3 is 2.72 bits per heavy atom. The molecule has 94 valence electrons. The molecule has 0 aliphatic heterocycles. The van der Waals surface area contributed by atoms with Crippen LogP contribution in [-0.4, -0.2) is 20.8 Å². The van der Waals surface area contributed by atoms with Gasteiger partial charge in [-0.3, -0.25) is 4.79 Å². The van der Waals surface area contributed by atoms with Crippen LogP contribution in [0, 0.1) is 5.82 Å². The number of aromatic amines is 1. The molecule has 6 heteroatoms. The lowest BCUT2D eigenvalue weighted by atomic mass is 10.2. The van der Waals surface area contributed by atoms with Crippen LogP contribution < -0.4 is 5.56 Å². The molecule has 4 nitrogen and oxygen atoms in total. The first-order valence-corrected chi connectivity index (χ1v) is 6.29. The molecule has 0 radical (unpaired) electrons. The Labute approximate surface area is 107 Å². The maximum atomic E-state index is 12.7. The van der Waals surface area contributed by atoms with E-state index in [4.69, 9.17) is 5.11 Å². The number of nitrogens with one attached hydrogen (secondary N) is 1. The van der Waals surface area contributed by atoms with Crippen LogP contribution in [0.15, 0.2) is 40.3 Å². The van der Waals surface area contributed by atoms with Crippen LogP contribution in [0.3, 0.4) is 0 Å². The fraction of sp³-hybridized carbons (Fsp3) is 0.167. The summed E-state index contributed by atoms with van der Waals surface area (Å²) in [6, 6.07) is 7.27. The predicted octanol–water partition coefficient (Wildman–Crippen LogP) is 1.95.